The zero-order valence-corrected chi connectivity index (χ0v) is 10.9. The highest BCUT2D eigenvalue weighted by Gasteiger charge is 2.44. The Morgan fingerprint density at radius 3 is 2.83 bits per heavy atom. The van der Waals surface area contributed by atoms with E-state index in [0.29, 0.717) is 5.41 Å². The predicted molar refractivity (Wildman–Crippen MR) is 76.5 cm³/mol. The van der Waals surface area contributed by atoms with Gasteiger partial charge in [-0.25, -0.2) is 0 Å². The van der Waals surface area contributed by atoms with Gasteiger partial charge in [0.1, 0.15) is 0 Å². The number of hydrogen-bond acceptors (Lipinski definition) is 3. The normalized spacial score (nSPS) is 20.9. The molecule has 0 saturated heterocycles. The highest BCUT2D eigenvalue weighted by atomic mass is 14.9. The number of hydrogen-bond donors (Lipinski definition) is 2. The number of aromatic nitrogens is 1. The largest absolute Gasteiger partial charge is 0.398 e. The Labute approximate surface area is 107 Å². The lowest BCUT2D eigenvalue weighted by atomic mass is 10.1. The molecule has 1 saturated carbocycles. The van der Waals surface area contributed by atoms with Gasteiger partial charge in [-0.05, 0) is 36.0 Å². The lowest BCUT2D eigenvalue weighted by Crippen LogP contribution is -2.07. The number of nitrogens with two attached hydrogens (primary N) is 1. The number of nitrogens with one attached hydrogen (secondary N) is 1. The highest BCUT2D eigenvalue weighted by Crippen LogP contribution is 2.51. The van der Waals surface area contributed by atoms with Gasteiger partial charge < -0.3 is 11.1 Å². The van der Waals surface area contributed by atoms with Gasteiger partial charge in [0.2, 0.25) is 0 Å². The van der Waals surface area contributed by atoms with Crippen LogP contribution in [0, 0.1) is 11.3 Å². The molecular weight excluding hydrogens is 222 g/mol. The summed E-state index contributed by atoms with van der Waals surface area (Å²) in [5, 5.41) is 5.73. The molecule has 2 aromatic rings. The van der Waals surface area contributed by atoms with Crippen molar-refractivity contribution in [1.29, 1.82) is 0 Å². The van der Waals surface area contributed by atoms with E-state index >= 15 is 0 Å². The predicted octanol–water partition coefficient (Wildman–Crippen LogP) is 3.28. The summed E-state index contributed by atoms with van der Waals surface area (Å²) in [6.07, 6.45) is 4.96. The average Bonchev–Trinajstić information content (AvgIpc) is 2.97. The third-order valence-corrected chi connectivity index (χ3v) is 4.11. The van der Waals surface area contributed by atoms with E-state index in [0.717, 1.165) is 34.6 Å². The van der Waals surface area contributed by atoms with E-state index in [4.69, 9.17) is 5.73 Å². The molecule has 18 heavy (non-hydrogen) atoms. The Hall–Kier alpha value is -1.77. The third kappa shape index (κ3) is 1.90. The van der Waals surface area contributed by atoms with Crippen molar-refractivity contribution in [1.82, 2.24) is 4.98 Å². The van der Waals surface area contributed by atoms with Crippen molar-refractivity contribution < 1.29 is 0 Å². The summed E-state index contributed by atoms with van der Waals surface area (Å²) in [6.45, 7) is 5.68. The summed E-state index contributed by atoms with van der Waals surface area (Å²) in [5.41, 5.74) is 8.42. The van der Waals surface area contributed by atoms with Crippen LogP contribution in [-0.2, 0) is 0 Å². The zero-order chi connectivity index (χ0) is 12.8. The quantitative estimate of drug-likeness (QED) is 0.811. The lowest BCUT2D eigenvalue weighted by molar-refractivity contribution is 0.573. The molecule has 1 aromatic carbocycles. The van der Waals surface area contributed by atoms with Crippen molar-refractivity contribution in [3.63, 3.8) is 0 Å². The van der Waals surface area contributed by atoms with Gasteiger partial charge in [0.25, 0.3) is 0 Å². The topological polar surface area (TPSA) is 50.9 Å². The number of fused-ring (bicyclic) bond motifs is 1. The second-order valence-electron chi connectivity index (χ2n) is 5.89. The van der Waals surface area contributed by atoms with E-state index in [9.17, 15) is 0 Å². The maximum absolute atomic E-state index is 5.97. The van der Waals surface area contributed by atoms with E-state index in [1.54, 1.807) is 0 Å². The minimum atomic E-state index is 0.512. The molecule has 3 N–H and O–H groups in total. The van der Waals surface area contributed by atoms with E-state index < -0.39 is 0 Å². The first-order chi connectivity index (χ1) is 8.58. The van der Waals surface area contributed by atoms with Crippen LogP contribution in [-0.4, -0.2) is 11.5 Å². The Balaban J connectivity index is 1.86. The van der Waals surface area contributed by atoms with Crippen LogP contribution in [0.2, 0.25) is 0 Å². The summed E-state index contributed by atoms with van der Waals surface area (Å²) >= 11 is 0. The summed E-state index contributed by atoms with van der Waals surface area (Å²) in [6, 6.07) is 6.03. The molecule has 0 amide bonds. The molecule has 3 heteroatoms. The van der Waals surface area contributed by atoms with Crippen molar-refractivity contribution in [2.75, 3.05) is 17.6 Å². The molecule has 1 heterocycles. The second-order valence-corrected chi connectivity index (χ2v) is 5.89. The van der Waals surface area contributed by atoms with Gasteiger partial charge in [-0.1, -0.05) is 13.8 Å². The van der Waals surface area contributed by atoms with Crippen molar-refractivity contribution in [3.8, 4) is 0 Å². The molecule has 0 bridgehead atoms. The van der Waals surface area contributed by atoms with Crippen molar-refractivity contribution >= 4 is 22.1 Å². The highest BCUT2D eigenvalue weighted by molar-refractivity contribution is 6.00. The van der Waals surface area contributed by atoms with E-state index in [1.807, 2.05) is 24.5 Å². The maximum atomic E-state index is 5.97. The van der Waals surface area contributed by atoms with Gasteiger partial charge in [0, 0.05) is 41.1 Å². The number of benzene rings is 1. The monoisotopic (exact) mass is 241 g/mol. The van der Waals surface area contributed by atoms with E-state index in [1.165, 1.54) is 6.42 Å². The van der Waals surface area contributed by atoms with Gasteiger partial charge in [-0.3, -0.25) is 4.98 Å². The van der Waals surface area contributed by atoms with Crippen molar-refractivity contribution in [3.05, 3.63) is 30.6 Å². The van der Waals surface area contributed by atoms with Crippen LogP contribution >= 0.6 is 0 Å². The van der Waals surface area contributed by atoms with Crippen LogP contribution in [0.5, 0.6) is 0 Å². The molecule has 94 valence electrons. The molecule has 1 atom stereocenters. The standard InChI is InChI=1S/C15H19N3/c1-15(2)7-10(15)8-18-14-4-3-13(16)12-9-17-6-5-11(12)14/h3-6,9-10,18H,7-8,16H2,1-2H3. The molecule has 1 fully saturated rings. The third-order valence-electron chi connectivity index (χ3n) is 4.11. The van der Waals surface area contributed by atoms with Crippen molar-refractivity contribution in [2.45, 2.75) is 20.3 Å². The Morgan fingerprint density at radius 1 is 1.33 bits per heavy atom. The zero-order valence-electron chi connectivity index (χ0n) is 10.9. The Morgan fingerprint density at radius 2 is 2.11 bits per heavy atom. The van der Waals surface area contributed by atoms with Crippen LogP contribution in [0.15, 0.2) is 30.6 Å². The van der Waals surface area contributed by atoms with Gasteiger partial charge in [-0.15, -0.1) is 0 Å². The number of anilines is 2. The maximum Gasteiger partial charge on any atom is 0.0422 e. The van der Waals surface area contributed by atoms with Crippen LogP contribution in [0.1, 0.15) is 20.3 Å². The smallest absolute Gasteiger partial charge is 0.0422 e. The molecular formula is C15H19N3. The summed E-state index contributed by atoms with van der Waals surface area (Å²) in [5.74, 6) is 0.784. The number of nitrogens with zero attached hydrogens (tertiary/aromatic N) is 1. The first kappa shape index (κ1) is 11.3. The van der Waals surface area contributed by atoms with Crippen LogP contribution in [0.4, 0.5) is 11.4 Å². The fraction of sp³-hybridized carbons (Fsp3) is 0.400. The molecule has 3 nitrogen and oxygen atoms in total. The molecule has 3 rings (SSSR count). The van der Waals surface area contributed by atoms with Crippen LogP contribution in [0.25, 0.3) is 10.8 Å². The Kier molecular flexibility index (Phi) is 2.44. The average molecular weight is 241 g/mol. The minimum absolute atomic E-state index is 0.512. The van der Waals surface area contributed by atoms with Crippen LogP contribution < -0.4 is 11.1 Å². The second kappa shape index (κ2) is 3.87. The number of rotatable bonds is 3. The first-order valence-electron chi connectivity index (χ1n) is 6.44. The molecule has 1 unspecified atom stereocenters. The fourth-order valence-electron chi connectivity index (χ4n) is 2.52. The van der Waals surface area contributed by atoms with Gasteiger partial charge in [0.15, 0.2) is 0 Å². The van der Waals surface area contributed by atoms with Crippen LogP contribution in [0.3, 0.4) is 0 Å². The number of nitrogen functional groups attached to an aromatic ring is 1. The molecule has 0 spiro atoms. The van der Waals surface area contributed by atoms with Gasteiger partial charge in [-0.2, -0.15) is 0 Å². The molecule has 1 aromatic heterocycles. The van der Waals surface area contributed by atoms with Crippen molar-refractivity contribution in [2.24, 2.45) is 11.3 Å². The Bertz CT molecular complexity index is 589. The van der Waals surface area contributed by atoms with Gasteiger partial charge >= 0.3 is 0 Å². The summed E-state index contributed by atoms with van der Waals surface area (Å²) in [7, 11) is 0. The SMILES string of the molecule is CC1(C)CC1CNc1ccc(N)c2cnccc12. The fourth-order valence-corrected chi connectivity index (χ4v) is 2.52. The molecule has 1 aliphatic carbocycles. The molecule has 0 radical (unpaired) electrons. The summed E-state index contributed by atoms with van der Waals surface area (Å²) in [4.78, 5) is 4.14. The lowest BCUT2D eigenvalue weighted by Gasteiger charge is -2.11. The molecule has 1 aliphatic rings. The first-order valence-corrected chi connectivity index (χ1v) is 6.44. The van der Waals surface area contributed by atoms with E-state index in [-0.39, 0.29) is 0 Å². The number of pyridine rings is 1. The summed E-state index contributed by atoms with van der Waals surface area (Å²) < 4.78 is 0. The van der Waals surface area contributed by atoms with E-state index in [2.05, 4.69) is 30.2 Å². The van der Waals surface area contributed by atoms with Gasteiger partial charge in [0.05, 0.1) is 0 Å². The molecule has 0 aliphatic heterocycles. The minimum Gasteiger partial charge on any atom is -0.398 e.